The molecule has 0 bridgehead atoms. The second kappa shape index (κ2) is 4.20. The van der Waals surface area contributed by atoms with Crippen LogP contribution in [0.4, 0.5) is 5.69 Å². The Morgan fingerprint density at radius 2 is 2.20 bits per heavy atom. The van der Waals surface area contributed by atoms with Crippen LogP contribution >= 0.6 is 11.6 Å². The van der Waals surface area contributed by atoms with Gasteiger partial charge in [0.25, 0.3) is 5.56 Å². The molecule has 6 heteroatoms. The molecule has 1 aliphatic heterocycles. The lowest BCUT2D eigenvalue weighted by atomic mass is 10.1. The quantitative estimate of drug-likeness (QED) is 0.725. The van der Waals surface area contributed by atoms with E-state index in [1.54, 1.807) is 4.57 Å². The van der Waals surface area contributed by atoms with E-state index < -0.39 is 0 Å². The summed E-state index contributed by atoms with van der Waals surface area (Å²) in [6.45, 7) is 1.33. The molecule has 0 radical (unpaired) electrons. The number of aromatic nitrogens is 2. The fourth-order valence-corrected chi connectivity index (χ4v) is 1.81. The monoisotopic (exact) mass is 229 g/mol. The molecule has 0 spiro atoms. The zero-order chi connectivity index (χ0) is 10.8. The average Bonchev–Trinajstić information content (AvgIpc) is 2.27. The van der Waals surface area contributed by atoms with Gasteiger partial charge in [0.1, 0.15) is 5.69 Å². The fraction of sp³-hybridized carbons (Fsp3) is 0.556. The van der Waals surface area contributed by atoms with Gasteiger partial charge in [0.2, 0.25) is 0 Å². The first-order valence-electron chi connectivity index (χ1n) is 4.80. The smallest absolute Gasteiger partial charge is 0.278 e. The standard InChI is InChI=1S/C9H12ClN3O2/c10-8-7(11)9(14)13(5-12-8)6-1-3-15-4-2-6/h5-6H,1-4,11H2. The van der Waals surface area contributed by atoms with Crippen LogP contribution in [0.1, 0.15) is 18.9 Å². The highest BCUT2D eigenvalue weighted by Crippen LogP contribution is 2.20. The minimum Gasteiger partial charge on any atom is -0.392 e. The number of anilines is 1. The average molecular weight is 230 g/mol. The maximum Gasteiger partial charge on any atom is 0.278 e. The van der Waals surface area contributed by atoms with Crippen molar-refractivity contribution in [1.82, 2.24) is 9.55 Å². The minimum atomic E-state index is -0.262. The van der Waals surface area contributed by atoms with Gasteiger partial charge in [-0.05, 0) is 12.8 Å². The van der Waals surface area contributed by atoms with Crippen molar-refractivity contribution in [3.63, 3.8) is 0 Å². The van der Waals surface area contributed by atoms with Gasteiger partial charge in [-0.15, -0.1) is 0 Å². The van der Waals surface area contributed by atoms with E-state index in [2.05, 4.69) is 4.98 Å². The van der Waals surface area contributed by atoms with Gasteiger partial charge < -0.3 is 10.5 Å². The molecule has 0 aliphatic carbocycles. The number of nitrogens with two attached hydrogens (primary N) is 1. The van der Waals surface area contributed by atoms with E-state index in [1.165, 1.54) is 6.33 Å². The van der Waals surface area contributed by atoms with Gasteiger partial charge in [0.15, 0.2) is 5.15 Å². The van der Waals surface area contributed by atoms with Crippen LogP contribution < -0.4 is 11.3 Å². The number of ether oxygens (including phenoxy) is 1. The highest BCUT2D eigenvalue weighted by molar-refractivity contribution is 6.31. The van der Waals surface area contributed by atoms with Crippen molar-refractivity contribution in [1.29, 1.82) is 0 Å². The summed E-state index contributed by atoms with van der Waals surface area (Å²) in [6.07, 6.45) is 3.07. The molecule has 0 unspecified atom stereocenters. The van der Waals surface area contributed by atoms with Crippen molar-refractivity contribution in [2.75, 3.05) is 18.9 Å². The maximum absolute atomic E-state index is 11.8. The van der Waals surface area contributed by atoms with Crippen molar-refractivity contribution in [3.8, 4) is 0 Å². The largest absolute Gasteiger partial charge is 0.392 e. The Hall–Kier alpha value is -1.07. The lowest BCUT2D eigenvalue weighted by Crippen LogP contribution is -2.30. The topological polar surface area (TPSA) is 70.1 Å². The summed E-state index contributed by atoms with van der Waals surface area (Å²) in [5.41, 5.74) is 5.29. The molecule has 2 heterocycles. The van der Waals surface area contributed by atoms with Crippen LogP contribution in [0.5, 0.6) is 0 Å². The molecule has 1 saturated heterocycles. The first-order chi connectivity index (χ1) is 7.20. The number of hydrogen-bond donors (Lipinski definition) is 1. The summed E-state index contributed by atoms with van der Waals surface area (Å²) in [4.78, 5) is 15.6. The van der Waals surface area contributed by atoms with E-state index in [4.69, 9.17) is 22.1 Å². The van der Waals surface area contributed by atoms with Gasteiger partial charge >= 0.3 is 0 Å². The number of hydrogen-bond acceptors (Lipinski definition) is 4. The molecule has 0 atom stereocenters. The molecular formula is C9H12ClN3O2. The van der Waals surface area contributed by atoms with E-state index in [9.17, 15) is 4.79 Å². The minimum absolute atomic E-state index is 0.0191. The van der Waals surface area contributed by atoms with E-state index >= 15 is 0 Å². The first-order valence-corrected chi connectivity index (χ1v) is 5.18. The van der Waals surface area contributed by atoms with Crippen molar-refractivity contribution < 1.29 is 4.74 Å². The molecule has 5 nitrogen and oxygen atoms in total. The van der Waals surface area contributed by atoms with Crippen LogP contribution in [0.2, 0.25) is 5.15 Å². The summed E-state index contributed by atoms with van der Waals surface area (Å²) in [7, 11) is 0. The van der Waals surface area contributed by atoms with Gasteiger partial charge in [-0.1, -0.05) is 11.6 Å². The third kappa shape index (κ3) is 1.98. The third-order valence-electron chi connectivity index (χ3n) is 2.57. The Morgan fingerprint density at radius 1 is 1.53 bits per heavy atom. The summed E-state index contributed by atoms with van der Waals surface area (Å²) in [6, 6.07) is 0.123. The van der Waals surface area contributed by atoms with E-state index in [0.717, 1.165) is 12.8 Å². The molecule has 15 heavy (non-hydrogen) atoms. The molecule has 1 aromatic heterocycles. The Labute approximate surface area is 91.8 Å². The molecule has 1 aromatic rings. The molecule has 2 rings (SSSR count). The maximum atomic E-state index is 11.8. The molecular weight excluding hydrogens is 218 g/mol. The Bertz CT molecular complexity index is 412. The van der Waals surface area contributed by atoms with Gasteiger partial charge in [-0.3, -0.25) is 9.36 Å². The highest BCUT2D eigenvalue weighted by Gasteiger charge is 2.18. The lowest BCUT2D eigenvalue weighted by molar-refractivity contribution is 0.0684. The summed E-state index contributed by atoms with van der Waals surface area (Å²) in [5.74, 6) is 0. The van der Waals surface area contributed by atoms with E-state index in [0.29, 0.717) is 13.2 Å². The second-order valence-electron chi connectivity index (χ2n) is 3.51. The van der Waals surface area contributed by atoms with E-state index in [-0.39, 0.29) is 22.4 Å². The molecule has 82 valence electrons. The summed E-state index contributed by atoms with van der Waals surface area (Å²) >= 11 is 5.65. The SMILES string of the molecule is Nc1c(Cl)ncn(C2CCOCC2)c1=O. The normalized spacial score (nSPS) is 17.9. The highest BCUT2D eigenvalue weighted by atomic mass is 35.5. The zero-order valence-corrected chi connectivity index (χ0v) is 8.91. The van der Waals surface area contributed by atoms with Crippen LogP contribution in [0, 0.1) is 0 Å². The van der Waals surface area contributed by atoms with Crippen LogP contribution in [-0.2, 0) is 4.74 Å². The predicted molar refractivity (Wildman–Crippen MR) is 57.0 cm³/mol. The van der Waals surface area contributed by atoms with Gasteiger partial charge in [-0.25, -0.2) is 4.98 Å². The fourth-order valence-electron chi connectivity index (χ4n) is 1.69. The number of nitrogen functional groups attached to an aromatic ring is 1. The van der Waals surface area contributed by atoms with Crippen molar-refractivity contribution in [2.24, 2.45) is 0 Å². The van der Waals surface area contributed by atoms with E-state index in [1.807, 2.05) is 0 Å². The number of rotatable bonds is 1. The van der Waals surface area contributed by atoms with Crippen molar-refractivity contribution in [3.05, 3.63) is 21.8 Å². The molecule has 0 saturated carbocycles. The summed E-state index contributed by atoms with van der Waals surface area (Å²) in [5, 5.41) is 0.0725. The van der Waals surface area contributed by atoms with Crippen LogP contribution in [0.3, 0.4) is 0 Å². The third-order valence-corrected chi connectivity index (χ3v) is 2.87. The van der Waals surface area contributed by atoms with Crippen LogP contribution in [-0.4, -0.2) is 22.8 Å². The van der Waals surface area contributed by atoms with Crippen molar-refractivity contribution in [2.45, 2.75) is 18.9 Å². The predicted octanol–water partition coefficient (Wildman–Crippen LogP) is 0.830. The molecule has 2 N–H and O–H groups in total. The van der Waals surface area contributed by atoms with Crippen molar-refractivity contribution >= 4 is 17.3 Å². The number of nitrogens with zero attached hydrogens (tertiary/aromatic N) is 2. The van der Waals surface area contributed by atoms with Gasteiger partial charge in [-0.2, -0.15) is 0 Å². The Balaban J connectivity index is 2.35. The second-order valence-corrected chi connectivity index (χ2v) is 3.86. The van der Waals surface area contributed by atoms with Crippen LogP contribution in [0.15, 0.2) is 11.1 Å². The molecule has 1 fully saturated rings. The first kappa shape index (κ1) is 10.4. The molecule has 1 aliphatic rings. The molecule has 0 aromatic carbocycles. The molecule has 0 amide bonds. The summed E-state index contributed by atoms with van der Waals surface area (Å²) < 4.78 is 6.77. The Morgan fingerprint density at radius 3 is 2.87 bits per heavy atom. The van der Waals surface area contributed by atoms with Gasteiger partial charge in [0, 0.05) is 19.3 Å². The van der Waals surface area contributed by atoms with Crippen LogP contribution in [0.25, 0.3) is 0 Å². The lowest BCUT2D eigenvalue weighted by Gasteiger charge is -2.23. The number of halogens is 1. The Kier molecular flexibility index (Phi) is 2.93. The van der Waals surface area contributed by atoms with Gasteiger partial charge in [0.05, 0.1) is 6.33 Å². The zero-order valence-electron chi connectivity index (χ0n) is 8.15.